The number of aromatic amines is 1. The number of nitrogens with zero attached hydrogens (tertiary/aromatic N) is 2. The average molecular weight is 388 g/mol. The molecule has 148 valence electrons. The Balaban J connectivity index is 1.41. The van der Waals surface area contributed by atoms with Crippen molar-refractivity contribution in [3.8, 4) is 0 Å². The van der Waals surface area contributed by atoms with Crippen LogP contribution in [-0.2, 0) is 11.3 Å². The maximum absolute atomic E-state index is 12.4. The summed E-state index contributed by atoms with van der Waals surface area (Å²) in [5.41, 5.74) is 2.60. The minimum absolute atomic E-state index is 0.0316. The Morgan fingerprint density at radius 1 is 1.10 bits per heavy atom. The normalized spacial score (nSPS) is 12.3. The fraction of sp³-hybridized carbons (Fsp3) is 0.261. The number of nitrogens with one attached hydrogen (secondary N) is 2. The van der Waals surface area contributed by atoms with E-state index < -0.39 is 0 Å². The molecule has 2 aromatic carbocycles. The number of benzene rings is 2. The third kappa shape index (κ3) is 3.92. The summed E-state index contributed by atoms with van der Waals surface area (Å²) < 4.78 is 1.99. The molecular formula is C23H24N4O2. The van der Waals surface area contributed by atoms with Gasteiger partial charge in [0.05, 0.1) is 6.20 Å². The first-order chi connectivity index (χ1) is 14.1. The summed E-state index contributed by atoms with van der Waals surface area (Å²) in [7, 11) is 0. The van der Waals surface area contributed by atoms with E-state index in [9.17, 15) is 9.59 Å². The monoisotopic (exact) mass is 388 g/mol. The summed E-state index contributed by atoms with van der Waals surface area (Å²) in [6.07, 6.45) is 2.76. The van der Waals surface area contributed by atoms with Gasteiger partial charge in [0.1, 0.15) is 5.52 Å². The van der Waals surface area contributed by atoms with E-state index in [4.69, 9.17) is 0 Å². The van der Waals surface area contributed by atoms with E-state index in [1.165, 1.54) is 5.56 Å². The molecule has 2 aromatic heterocycles. The number of aromatic nitrogens is 3. The molecule has 1 unspecified atom stereocenters. The third-order valence-corrected chi connectivity index (χ3v) is 5.34. The molecule has 2 N–H and O–H groups in total. The summed E-state index contributed by atoms with van der Waals surface area (Å²) in [6, 6.07) is 18.1. The number of amides is 1. The Kier molecular flexibility index (Phi) is 5.42. The maximum atomic E-state index is 12.4. The number of H-pyrrole nitrogens is 1. The predicted molar refractivity (Wildman–Crippen MR) is 115 cm³/mol. The fourth-order valence-electron chi connectivity index (χ4n) is 3.80. The van der Waals surface area contributed by atoms with E-state index in [1.54, 1.807) is 6.20 Å². The Hall–Kier alpha value is -3.41. The Morgan fingerprint density at radius 3 is 2.69 bits per heavy atom. The highest BCUT2D eigenvalue weighted by Crippen LogP contribution is 2.26. The molecule has 0 fully saturated rings. The van der Waals surface area contributed by atoms with Gasteiger partial charge in [0.25, 0.3) is 5.56 Å². The van der Waals surface area contributed by atoms with Crippen molar-refractivity contribution < 1.29 is 4.79 Å². The number of hydrogen-bond acceptors (Lipinski definition) is 3. The summed E-state index contributed by atoms with van der Waals surface area (Å²) >= 11 is 0. The lowest BCUT2D eigenvalue weighted by Crippen LogP contribution is -2.27. The Labute approximate surface area is 168 Å². The molecule has 6 heteroatoms. The van der Waals surface area contributed by atoms with Gasteiger partial charge in [-0.05, 0) is 24.0 Å². The second-order valence-electron chi connectivity index (χ2n) is 7.35. The molecule has 0 saturated heterocycles. The van der Waals surface area contributed by atoms with Gasteiger partial charge in [-0.1, -0.05) is 55.5 Å². The van der Waals surface area contributed by atoms with Crippen molar-refractivity contribution >= 4 is 27.7 Å². The van der Waals surface area contributed by atoms with Gasteiger partial charge in [-0.3, -0.25) is 9.59 Å². The van der Waals surface area contributed by atoms with E-state index in [2.05, 4.69) is 34.6 Å². The second kappa shape index (κ2) is 8.31. The smallest absolute Gasteiger partial charge is 0.288 e. The van der Waals surface area contributed by atoms with Crippen LogP contribution in [-0.4, -0.2) is 27.2 Å². The zero-order valence-corrected chi connectivity index (χ0v) is 16.4. The minimum atomic E-state index is -0.208. The van der Waals surface area contributed by atoms with Crippen LogP contribution in [0.2, 0.25) is 0 Å². The number of para-hydroxylation sites is 1. The van der Waals surface area contributed by atoms with Gasteiger partial charge in [-0.25, -0.2) is 5.10 Å². The lowest BCUT2D eigenvalue weighted by atomic mass is 10.0. The highest BCUT2D eigenvalue weighted by atomic mass is 16.1. The van der Waals surface area contributed by atoms with Crippen molar-refractivity contribution in [2.24, 2.45) is 0 Å². The Bertz CT molecular complexity index is 1190. The number of fused-ring (bicyclic) bond motifs is 3. The molecular weight excluding hydrogens is 364 g/mol. The molecule has 1 atom stereocenters. The maximum Gasteiger partial charge on any atom is 0.288 e. The lowest BCUT2D eigenvalue weighted by molar-refractivity contribution is -0.121. The van der Waals surface area contributed by atoms with Gasteiger partial charge in [0, 0.05) is 35.8 Å². The van der Waals surface area contributed by atoms with Crippen LogP contribution >= 0.6 is 0 Å². The van der Waals surface area contributed by atoms with E-state index >= 15 is 0 Å². The van der Waals surface area contributed by atoms with Crippen LogP contribution in [0, 0.1) is 0 Å². The zero-order valence-electron chi connectivity index (χ0n) is 16.4. The van der Waals surface area contributed by atoms with Gasteiger partial charge in [0.2, 0.25) is 5.91 Å². The molecule has 4 rings (SSSR count). The van der Waals surface area contributed by atoms with E-state index in [1.807, 2.05) is 47.0 Å². The molecule has 0 radical (unpaired) electrons. The van der Waals surface area contributed by atoms with Gasteiger partial charge in [0.15, 0.2) is 0 Å². The number of carbonyl (C=O) groups excluding carboxylic acids is 1. The van der Waals surface area contributed by atoms with E-state index in [-0.39, 0.29) is 17.4 Å². The fourth-order valence-corrected chi connectivity index (χ4v) is 3.80. The summed E-state index contributed by atoms with van der Waals surface area (Å²) in [4.78, 5) is 24.7. The van der Waals surface area contributed by atoms with E-state index in [0.29, 0.717) is 31.4 Å². The van der Waals surface area contributed by atoms with Gasteiger partial charge in [-0.2, -0.15) is 5.10 Å². The third-order valence-electron chi connectivity index (χ3n) is 5.34. The standard InChI is InChI=1S/C23H24N4O2/c1-16(17-8-3-2-4-9-17)14-24-21(28)12-7-13-27-20-11-6-5-10-18(20)19-15-25-26-23(29)22(19)27/h2-6,8-11,15-16H,7,12-14H2,1H3,(H,24,28)(H,26,29). The summed E-state index contributed by atoms with van der Waals surface area (Å²) in [5.74, 6) is 0.299. The van der Waals surface area contributed by atoms with Gasteiger partial charge in [-0.15, -0.1) is 0 Å². The number of hydrogen-bond donors (Lipinski definition) is 2. The number of rotatable bonds is 7. The van der Waals surface area contributed by atoms with Crippen LogP contribution in [0.3, 0.4) is 0 Å². The van der Waals surface area contributed by atoms with Crippen molar-refractivity contribution in [3.05, 3.63) is 76.7 Å². The van der Waals surface area contributed by atoms with Crippen molar-refractivity contribution in [1.29, 1.82) is 0 Å². The first kappa shape index (κ1) is 18.9. The predicted octanol–water partition coefficient (Wildman–Crippen LogP) is 3.58. The second-order valence-corrected chi connectivity index (χ2v) is 7.35. The van der Waals surface area contributed by atoms with Crippen molar-refractivity contribution in [1.82, 2.24) is 20.1 Å². The highest BCUT2D eigenvalue weighted by molar-refractivity contribution is 6.07. The molecule has 2 heterocycles. The molecule has 0 bridgehead atoms. The van der Waals surface area contributed by atoms with Crippen LogP contribution in [0.15, 0.2) is 65.6 Å². The van der Waals surface area contributed by atoms with Gasteiger partial charge >= 0.3 is 0 Å². The average Bonchev–Trinajstić information content (AvgIpc) is 3.08. The van der Waals surface area contributed by atoms with Crippen molar-refractivity contribution in [2.45, 2.75) is 32.2 Å². The highest BCUT2D eigenvalue weighted by Gasteiger charge is 2.14. The summed E-state index contributed by atoms with van der Waals surface area (Å²) in [5, 5.41) is 11.3. The van der Waals surface area contributed by atoms with E-state index in [0.717, 1.165) is 16.3 Å². The molecule has 29 heavy (non-hydrogen) atoms. The molecule has 6 nitrogen and oxygen atoms in total. The molecule has 0 aliphatic rings. The van der Waals surface area contributed by atoms with Gasteiger partial charge < -0.3 is 9.88 Å². The van der Waals surface area contributed by atoms with Crippen LogP contribution in [0.25, 0.3) is 21.8 Å². The first-order valence-corrected chi connectivity index (χ1v) is 9.91. The van der Waals surface area contributed by atoms with Crippen molar-refractivity contribution in [3.63, 3.8) is 0 Å². The molecule has 0 spiro atoms. The largest absolute Gasteiger partial charge is 0.356 e. The molecule has 0 aliphatic carbocycles. The molecule has 0 aliphatic heterocycles. The van der Waals surface area contributed by atoms with Crippen molar-refractivity contribution in [2.75, 3.05) is 6.54 Å². The molecule has 0 saturated carbocycles. The minimum Gasteiger partial charge on any atom is -0.356 e. The van der Waals surface area contributed by atoms with Crippen LogP contribution in [0.5, 0.6) is 0 Å². The zero-order chi connectivity index (χ0) is 20.2. The Morgan fingerprint density at radius 2 is 1.86 bits per heavy atom. The topological polar surface area (TPSA) is 79.8 Å². The van der Waals surface area contributed by atoms with Crippen LogP contribution < -0.4 is 10.9 Å². The number of aryl methyl sites for hydroxylation is 1. The first-order valence-electron chi connectivity index (χ1n) is 9.91. The van der Waals surface area contributed by atoms with Crippen LogP contribution in [0.4, 0.5) is 0 Å². The molecule has 1 amide bonds. The number of carbonyl (C=O) groups is 1. The lowest BCUT2D eigenvalue weighted by Gasteiger charge is -2.13. The molecule has 4 aromatic rings. The SMILES string of the molecule is CC(CNC(=O)CCCn1c2ccccc2c2cn[nH]c(=O)c21)c1ccccc1. The van der Waals surface area contributed by atoms with Crippen LogP contribution in [0.1, 0.15) is 31.2 Å². The summed E-state index contributed by atoms with van der Waals surface area (Å²) in [6.45, 7) is 3.32. The quantitative estimate of drug-likeness (QED) is 0.508.